The van der Waals surface area contributed by atoms with E-state index in [-0.39, 0.29) is 5.92 Å². The third-order valence-corrected chi connectivity index (χ3v) is 3.62. The molecule has 0 aromatic heterocycles. The molecule has 1 aliphatic rings. The quantitative estimate of drug-likeness (QED) is 0.896. The van der Waals surface area contributed by atoms with Crippen LogP contribution in [-0.4, -0.2) is 25.6 Å². The highest BCUT2D eigenvalue weighted by molar-refractivity contribution is 6.36. The van der Waals surface area contributed by atoms with Crippen molar-refractivity contribution in [2.45, 2.75) is 19.3 Å². The van der Waals surface area contributed by atoms with Gasteiger partial charge in [-0.05, 0) is 24.1 Å². The van der Waals surface area contributed by atoms with Gasteiger partial charge in [-0.15, -0.1) is 0 Å². The van der Waals surface area contributed by atoms with Crippen LogP contribution in [0.5, 0.6) is 0 Å². The largest absolute Gasteiger partial charge is 0.356 e. The smallest absolute Gasteiger partial charge is 0.191 e. The fourth-order valence-corrected chi connectivity index (χ4v) is 2.75. The van der Waals surface area contributed by atoms with Crippen molar-refractivity contribution in [3.8, 4) is 0 Å². The second-order valence-corrected chi connectivity index (χ2v) is 5.24. The molecule has 0 radical (unpaired) electrons. The molecule has 2 rings (SSSR count). The fraction of sp³-hybridized carbons (Fsp3) is 0.462. The Labute approximate surface area is 118 Å². The van der Waals surface area contributed by atoms with E-state index in [1.165, 1.54) is 0 Å². The topological polar surface area (TPSA) is 36.4 Å². The third kappa shape index (κ3) is 3.30. The summed E-state index contributed by atoms with van der Waals surface area (Å²) in [5, 5.41) is 7.96. The number of hydrogen-bond acceptors (Lipinski definition) is 3. The Kier molecular flexibility index (Phi) is 4.72. The van der Waals surface area contributed by atoms with E-state index in [0.29, 0.717) is 0 Å². The van der Waals surface area contributed by atoms with Gasteiger partial charge in [0, 0.05) is 35.6 Å². The number of halogens is 2. The van der Waals surface area contributed by atoms with Crippen molar-refractivity contribution < 1.29 is 0 Å². The SMILES string of the molecule is CC(CNC1=NCCCN1)c1c(Cl)cccc1Cl. The van der Waals surface area contributed by atoms with Crippen LogP contribution in [0.2, 0.25) is 10.0 Å². The van der Waals surface area contributed by atoms with Gasteiger partial charge in [0.2, 0.25) is 0 Å². The normalized spacial score (nSPS) is 16.7. The van der Waals surface area contributed by atoms with Crippen molar-refractivity contribution in [2.24, 2.45) is 4.99 Å². The summed E-state index contributed by atoms with van der Waals surface area (Å²) in [4.78, 5) is 4.37. The van der Waals surface area contributed by atoms with Crippen molar-refractivity contribution in [1.29, 1.82) is 0 Å². The molecule has 0 spiro atoms. The van der Waals surface area contributed by atoms with Gasteiger partial charge < -0.3 is 10.6 Å². The zero-order chi connectivity index (χ0) is 13.0. The molecule has 0 fully saturated rings. The Morgan fingerprint density at radius 3 is 2.72 bits per heavy atom. The van der Waals surface area contributed by atoms with Crippen LogP contribution in [0, 0.1) is 0 Å². The lowest BCUT2D eigenvalue weighted by atomic mass is 10.0. The maximum absolute atomic E-state index is 6.19. The van der Waals surface area contributed by atoms with E-state index in [9.17, 15) is 0 Å². The molecule has 1 aliphatic heterocycles. The van der Waals surface area contributed by atoms with Gasteiger partial charge in [0.05, 0.1) is 0 Å². The van der Waals surface area contributed by atoms with Crippen molar-refractivity contribution >= 4 is 29.2 Å². The first-order valence-electron chi connectivity index (χ1n) is 6.14. The maximum Gasteiger partial charge on any atom is 0.191 e. The van der Waals surface area contributed by atoms with Gasteiger partial charge in [0.25, 0.3) is 0 Å². The molecule has 18 heavy (non-hydrogen) atoms. The standard InChI is InChI=1S/C13H17Cl2N3/c1-9(8-18-13-16-6-3-7-17-13)12-10(14)4-2-5-11(12)15/h2,4-5,9H,3,6-8H2,1H3,(H2,16,17,18). The lowest BCUT2D eigenvalue weighted by Crippen LogP contribution is -2.42. The molecule has 0 saturated heterocycles. The zero-order valence-corrected chi connectivity index (χ0v) is 11.9. The Morgan fingerprint density at radius 1 is 1.39 bits per heavy atom. The lowest BCUT2D eigenvalue weighted by Gasteiger charge is -2.20. The predicted octanol–water partition coefficient (Wildman–Crippen LogP) is 3.04. The van der Waals surface area contributed by atoms with Gasteiger partial charge in [-0.3, -0.25) is 4.99 Å². The highest BCUT2D eigenvalue weighted by atomic mass is 35.5. The summed E-state index contributed by atoms with van der Waals surface area (Å²) in [7, 11) is 0. The minimum absolute atomic E-state index is 0.234. The Morgan fingerprint density at radius 2 is 2.11 bits per heavy atom. The van der Waals surface area contributed by atoms with Crippen LogP contribution in [0.4, 0.5) is 0 Å². The second-order valence-electron chi connectivity index (χ2n) is 4.43. The van der Waals surface area contributed by atoms with Gasteiger partial charge in [-0.1, -0.05) is 36.2 Å². The molecular weight excluding hydrogens is 269 g/mol. The summed E-state index contributed by atoms with van der Waals surface area (Å²) in [5.74, 6) is 1.11. The fourth-order valence-electron chi connectivity index (χ4n) is 1.98. The molecule has 5 heteroatoms. The molecule has 1 aromatic carbocycles. The molecule has 0 bridgehead atoms. The van der Waals surface area contributed by atoms with E-state index < -0.39 is 0 Å². The van der Waals surface area contributed by atoms with Crippen molar-refractivity contribution in [3.05, 3.63) is 33.8 Å². The van der Waals surface area contributed by atoms with Crippen LogP contribution in [0.1, 0.15) is 24.8 Å². The van der Waals surface area contributed by atoms with Crippen LogP contribution in [-0.2, 0) is 0 Å². The van der Waals surface area contributed by atoms with Crippen LogP contribution in [0.25, 0.3) is 0 Å². The summed E-state index contributed by atoms with van der Waals surface area (Å²) >= 11 is 12.4. The molecule has 0 amide bonds. The molecule has 3 nitrogen and oxygen atoms in total. The second kappa shape index (κ2) is 6.30. The van der Waals surface area contributed by atoms with Gasteiger partial charge in [0.15, 0.2) is 5.96 Å². The molecule has 1 unspecified atom stereocenters. The number of rotatable bonds is 3. The summed E-state index contributed by atoms with van der Waals surface area (Å²) < 4.78 is 0. The summed E-state index contributed by atoms with van der Waals surface area (Å²) in [6.07, 6.45) is 1.09. The van der Waals surface area contributed by atoms with Crippen molar-refractivity contribution in [1.82, 2.24) is 10.6 Å². The van der Waals surface area contributed by atoms with Crippen molar-refractivity contribution in [2.75, 3.05) is 19.6 Å². The van der Waals surface area contributed by atoms with E-state index in [1.807, 2.05) is 18.2 Å². The minimum atomic E-state index is 0.234. The predicted molar refractivity (Wildman–Crippen MR) is 77.8 cm³/mol. The summed E-state index contributed by atoms with van der Waals surface area (Å²) in [6.45, 7) is 4.72. The minimum Gasteiger partial charge on any atom is -0.356 e. The van der Waals surface area contributed by atoms with E-state index in [1.54, 1.807) is 0 Å². The molecule has 1 aromatic rings. The highest BCUT2D eigenvalue weighted by Crippen LogP contribution is 2.30. The molecule has 1 atom stereocenters. The average Bonchev–Trinajstić information content (AvgIpc) is 2.37. The first-order chi connectivity index (χ1) is 8.68. The van der Waals surface area contributed by atoms with Gasteiger partial charge in [-0.2, -0.15) is 0 Å². The number of aliphatic imine (C=N–C) groups is 1. The Balaban J connectivity index is 1.99. The molecule has 0 saturated carbocycles. The average molecular weight is 286 g/mol. The zero-order valence-electron chi connectivity index (χ0n) is 10.3. The molecule has 1 heterocycles. The Bertz CT molecular complexity index is 426. The molecule has 0 aliphatic carbocycles. The first-order valence-corrected chi connectivity index (χ1v) is 6.90. The van der Waals surface area contributed by atoms with Crippen LogP contribution in [0.15, 0.2) is 23.2 Å². The number of guanidine groups is 1. The maximum atomic E-state index is 6.19. The molecular formula is C13H17Cl2N3. The number of benzene rings is 1. The first kappa shape index (κ1) is 13.5. The van der Waals surface area contributed by atoms with Gasteiger partial charge >= 0.3 is 0 Å². The number of hydrogen-bond donors (Lipinski definition) is 2. The molecule has 98 valence electrons. The van der Waals surface area contributed by atoms with Gasteiger partial charge in [-0.25, -0.2) is 0 Å². The summed E-state index contributed by atoms with van der Waals surface area (Å²) in [5.41, 5.74) is 0.991. The van der Waals surface area contributed by atoms with Gasteiger partial charge in [0.1, 0.15) is 0 Å². The highest BCUT2D eigenvalue weighted by Gasteiger charge is 2.14. The number of nitrogens with one attached hydrogen (secondary N) is 2. The third-order valence-electron chi connectivity index (χ3n) is 2.97. The van der Waals surface area contributed by atoms with E-state index >= 15 is 0 Å². The van der Waals surface area contributed by atoms with Crippen LogP contribution < -0.4 is 10.6 Å². The monoisotopic (exact) mass is 285 g/mol. The van der Waals surface area contributed by atoms with Crippen LogP contribution in [0.3, 0.4) is 0 Å². The van der Waals surface area contributed by atoms with E-state index in [2.05, 4.69) is 22.5 Å². The lowest BCUT2D eigenvalue weighted by molar-refractivity contribution is 0.665. The van der Waals surface area contributed by atoms with Crippen LogP contribution >= 0.6 is 23.2 Å². The molecule has 2 N–H and O–H groups in total. The van der Waals surface area contributed by atoms with Crippen molar-refractivity contribution in [3.63, 3.8) is 0 Å². The van der Waals surface area contributed by atoms with E-state index in [4.69, 9.17) is 23.2 Å². The summed E-state index contributed by atoms with van der Waals surface area (Å²) in [6, 6.07) is 5.60. The number of nitrogens with zero attached hydrogens (tertiary/aromatic N) is 1. The van der Waals surface area contributed by atoms with E-state index in [0.717, 1.165) is 47.6 Å². The Hall–Kier alpha value is -0.930.